The van der Waals surface area contributed by atoms with E-state index in [1.165, 1.54) is 0 Å². The van der Waals surface area contributed by atoms with Gasteiger partial charge in [-0.05, 0) is 50.7 Å². The zero-order valence-electron chi connectivity index (χ0n) is 14.9. The maximum absolute atomic E-state index is 12.4. The number of nitrogens with zero attached hydrogens (tertiary/aromatic N) is 1. The van der Waals surface area contributed by atoms with E-state index in [0.29, 0.717) is 18.2 Å². The Morgan fingerprint density at radius 3 is 2.40 bits per heavy atom. The fourth-order valence-corrected chi connectivity index (χ4v) is 2.52. The van der Waals surface area contributed by atoms with E-state index in [-0.39, 0.29) is 18.0 Å². The molecule has 2 aromatic rings. The number of likely N-dealkylation sites (N-methyl/N-ethyl adjacent to an activating group) is 1. The van der Waals surface area contributed by atoms with Crippen LogP contribution in [0.4, 0.5) is 0 Å². The highest BCUT2D eigenvalue weighted by molar-refractivity contribution is 6.30. The van der Waals surface area contributed by atoms with Gasteiger partial charge in [0.05, 0.1) is 12.1 Å². The van der Waals surface area contributed by atoms with Gasteiger partial charge in [-0.3, -0.25) is 9.69 Å². The molecule has 0 spiro atoms. The van der Waals surface area contributed by atoms with E-state index >= 15 is 0 Å². The molecule has 0 aliphatic carbocycles. The third-order valence-electron chi connectivity index (χ3n) is 4.23. The molecular formula is C20H25ClN2O2. The molecule has 4 nitrogen and oxygen atoms in total. The average Bonchev–Trinajstić information content (AvgIpc) is 2.63. The predicted molar refractivity (Wildman–Crippen MR) is 102 cm³/mol. The smallest absolute Gasteiger partial charge is 0.237 e. The first kappa shape index (κ1) is 19.3. The molecule has 0 radical (unpaired) electrons. The minimum absolute atomic E-state index is 0.00495. The second-order valence-corrected chi connectivity index (χ2v) is 6.54. The molecule has 0 fully saturated rings. The van der Waals surface area contributed by atoms with Gasteiger partial charge >= 0.3 is 0 Å². The van der Waals surface area contributed by atoms with Crippen LogP contribution >= 0.6 is 11.6 Å². The first-order valence-electron chi connectivity index (χ1n) is 8.41. The Hall–Kier alpha value is -2.04. The highest BCUT2D eigenvalue weighted by Gasteiger charge is 2.19. The summed E-state index contributed by atoms with van der Waals surface area (Å²) < 4.78 is 5.68. The summed E-state index contributed by atoms with van der Waals surface area (Å²) in [6, 6.07) is 16.9. The van der Waals surface area contributed by atoms with Crippen LogP contribution < -0.4 is 10.1 Å². The second kappa shape index (κ2) is 9.44. The van der Waals surface area contributed by atoms with E-state index in [0.717, 1.165) is 11.3 Å². The number of rotatable bonds is 8. The minimum Gasteiger partial charge on any atom is -0.492 e. The molecule has 134 valence electrons. The van der Waals surface area contributed by atoms with Crippen molar-refractivity contribution < 1.29 is 9.53 Å². The molecule has 2 aromatic carbocycles. The van der Waals surface area contributed by atoms with Crippen molar-refractivity contribution in [3.05, 3.63) is 65.2 Å². The molecule has 2 unspecified atom stereocenters. The number of amides is 1. The molecule has 0 bridgehead atoms. The van der Waals surface area contributed by atoms with Crippen LogP contribution in [0.1, 0.15) is 25.5 Å². The molecule has 0 aliphatic heterocycles. The fourth-order valence-electron chi connectivity index (χ4n) is 2.39. The van der Waals surface area contributed by atoms with Gasteiger partial charge in [0, 0.05) is 11.6 Å². The molecule has 25 heavy (non-hydrogen) atoms. The number of hydrogen-bond donors (Lipinski definition) is 1. The summed E-state index contributed by atoms with van der Waals surface area (Å²) in [7, 11) is 1.92. The number of carbonyl (C=O) groups excluding carboxylic acids is 1. The lowest BCUT2D eigenvalue weighted by atomic mass is 10.1. The number of ether oxygens (including phenoxy) is 1. The van der Waals surface area contributed by atoms with E-state index in [1.807, 2.05) is 68.3 Å². The summed E-state index contributed by atoms with van der Waals surface area (Å²) in [6.07, 6.45) is 0. The van der Waals surface area contributed by atoms with Crippen LogP contribution in [-0.2, 0) is 4.79 Å². The average molecular weight is 361 g/mol. The highest BCUT2D eigenvalue weighted by Crippen LogP contribution is 2.15. The summed E-state index contributed by atoms with van der Waals surface area (Å²) in [6.45, 7) is 5.04. The Labute approximate surface area is 154 Å². The molecule has 0 aliphatic rings. The lowest BCUT2D eigenvalue weighted by Gasteiger charge is -2.25. The molecule has 2 rings (SSSR count). The third kappa shape index (κ3) is 6.07. The monoisotopic (exact) mass is 360 g/mol. The highest BCUT2D eigenvalue weighted by atomic mass is 35.5. The van der Waals surface area contributed by atoms with E-state index in [4.69, 9.17) is 16.3 Å². The van der Waals surface area contributed by atoms with Gasteiger partial charge in [0.15, 0.2) is 0 Å². The first-order chi connectivity index (χ1) is 12.0. The lowest BCUT2D eigenvalue weighted by Crippen LogP contribution is -2.45. The van der Waals surface area contributed by atoms with Gasteiger partial charge in [-0.15, -0.1) is 0 Å². The van der Waals surface area contributed by atoms with Crippen molar-refractivity contribution in [2.75, 3.05) is 20.2 Å². The van der Waals surface area contributed by atoms with Crippen molar-refractivity contribution >= 4 is 17.5 Å². The van der Waals surface area contributed by atoms with Crippen LogP contribution in [0.5, 0.6) is 5.75 Å². The van der Waals surface area contributed by atoms with Crippen molar-refractivity contribution in [3.8, 4) is 5.75 Å². The van der Waals surface area contributed by atoms with Crippen LogP contribution in [0.2, 0.25) is 5.02 Å². The molecule has 0 saturated carbocycles. The Kier molecular flexibility index (Phi) is 7.29. The fraction of sp³-hybridized carbons (Fsp3) is 0.350. The molecule has 1 N–H and O–H groups in total. The van der Waals surface area contributed by atoms with Crippen LogP contribution in [0.15, 0.2) is 54.6 Å². The Morgan fingerprint density at radius 2 is 1.76 bits per heavy atom. The molecule has 2 atom stereocenters. The Bertz CT molecular complexity index is 661. The molecule has 0 saturated heterocycles. The van der Waals surface area contributed by atoms with E-state index in [9.17, 15) is 4.79 Å². The number of nitrogens with one attached hydrogen (secondary N) is 1. The van der Waals surface area contributed by atoms with Crippen molar-refractivity contribution in [2.24, 2.45) is 0 Å². The zero-order chi connectivity index (χ0) is 18.2. The standard InChI is InChI=1S/C20H25ClN2O2/c1-15(17-7-5-4-6-8-17)22-20(24)16(2)23(3)13-14-25-19-11-9-18(21)10-12-19/h4-12,15-16H,13-14H2,1-3H3,(H,22,24). The number of benzene rings is 2. The van der Waals surface area contributed by atoms with Crippen LogP contribution in [0.3, 0.4) is 0 Å². The first-order valence-corrected chi connectivity index (χ1v) is 8.79. The Morgan fingerprint density at radius 1 is 1.12 bits per heavy atom. The SMILES string of the molecule is CC(NC(=O)C(C)N(C)CCOc1ccc(Cl)cc1)c1ccccc1. The summed E-state index contributed by atoms with van der Waals surface area (Å²) in [5, 5.41) is 3.74. The van der Waals surface area contributed by atoms with Crippen LogP contribution in [0.25, 0.3) is 0 Å². The van der Waals surface area contributed by atoms with Gasteiger partial charge in [0.1, 0.15) is 12.4 Å². The predicted octanol–water partition coefficient (Wildman–Crippen LogP) is 3.92. The largest absolute Gasteiger partial charge is 0.492 e. The van der Waals surface area contributed by atoms with Gasteiger partial charge in [0.25, 0.3) is 0 Å². The van der Waals surface area contributed by atoms with Gasteiger partial charge in [-0.2, -0.15) is 0 Å². The van der Waals surface area contributed by atoms with E-state index in [2.05, 4.69) is 5.32 Å². The maximum atomic E-state index is 12.4. The number of hydrogen-bond acceptors (Lipinski definition) is 3. The molecule has 1 amide bonds. The quantitative estimate of drug-likeness (QED) is 0.775. The molecule has 0 aromatic heterocycles. The molecular weight excluding hydrogens is 336 g/mol. The van der Waals surface area contributed by atoms with Crippen molar-refractivity contribution in [2.45, 2.75) is 25.9 Å². The summed E-state index contributed by atoms with van der Waals surface area (Å²) in [4.78, 5) is 14.4. The molecule has 0 heterocycles. The van der Waals surface area contributed by atoms with Gasteiger partial charge in [-0.1, -0.05) is 41.9 Å². The normalized spacial score (nSPS) is 13.3. The van der Waals surface area contributed by atoms with Gasteiger partial charge < -0.3 is 10.1 Å². The van der Waals surface area contributed by atoms with Crippen molar-refractivity contribution in [3.63, 3.8) is 0 Å². The number of carbonyl (C=O) groups is 1. The summed E-state index contributed by atoms with van der Waals surface area (Å²) in [5.74, 6) is 0.776. The lowest BCUT2D eigenvalue weighted by molar-refractivity contribution is -0.126. The second-order valence-electron chi connectivity index (χ2n) is 6.10. The topological polar surface area (TPSA) is 41.6 Å². The van der Waals surface area contributed by atoms with E-state index in [1.54, 1.807) is 12.1 Å². The van der Waals surface area contributed by atoms with Crippen molar-refractivity contribution in [1.29, 1.82) is 0 Å². The summed E-state index contributed by atoms with van der Waals surface area (Å²) >= 11 is 5.85. The third-order valence-corrected chi connectivity index (χ3v) is 4.48. The maximum Gasteiger partial charge on any atom is 0.237 e. The Balaban J connectivity index is 1.77. The van der Waals surface area contributed by atoms with E-state index < -0.39 is 0 Å². The van der Waals surface area contributed by atoms with Crippen molar-refractivity contribution in [1.82, 2.24) is 10.2 Å². The molecule has 5 heteroatoms. The number of halogens is 1. The van der Waals surface area contributed by atoms with Crippen LogP contribution in [0, 0.1) is 0 Å². The van der Waals surface area contributed by atoms with Crippen LogP contribution in [-0.4, -0.2) is 37.0 Å². The summed E-state index contributed by atoms with van der Waals surface area (Å²) in [5.41, 5.74) is 1.09. The van der Waals surface area contributed by atoms with Gasteiger partial charge in [0.2, 0.25) is 5.91 Å². The zero-order valence-corrected chi connectivity index (χ0v) is 15.7. The minimum atomic E-state index is -0.236. The van der Waals surface area contributed by atoms with Gasteiger partial charge in [-0.25, -0.2) is 0 Å².